The van der Waals surface area contributed by atoms with Crippen molar-refractivity contribution in [2.24, 2.45) is 5.41 Å². The predicted octanol–water partition coefficient (Wildman–Crippen LogP) is 2.39. The number of hydrogen-bond acceptors (Lipinski definition) is 3. The first-order valence-corrected chi connectivity index (χ1v) is 9.05. The topological polar surface area (TPSA) is 56.1 Å². The van der Waals surface area contributed by atoms with Crippen LogP contribution in [0.3, 0.4) is 0 Å². The lowest BCUT2D eigenvalue weighted by atomic mass is 9.76. The molecule has 0 spiro atoms. The van der Waals surface area contributed by atoms with E-state index >= 15 is 0 Å². The van der Waals surface area contributed by atoms with Gasteiger partial charge in [-0.05, 0) is 31.2 Å². The molecule has 1 aliphatic rings. The molecule has 0 saturated heterocycles. The van der Waals surface area contributed by atoms with E-state index in [1.54, 1.807) is 0 Å². The Labute approximate surface area is 121 Å². The normalized spacial score (nSPS) is 18.1. The highest BCUT2D eigenvalue weighted by molar-refractivity contribution is 7.90. The molecule has 0 bridgehead atoms. The van der Waals surface area contributed by atoms with Crippen LogP contribution in [0.25, 0.3) is 0 Å². The van der Waals surface area contributed by atoms with Crippen LogP contribution < -0.4 is 0 Å². The number of aryl methyl sites for hydroxylation is 1. The molecule has 0 unspecified atom stereocenters. The fourth-order valence-electron chi connectivity index (χ4n) is 3.00. The summed E-state index contributed by atoms with van der Waals surface area (Å²) in [5.74, 6) is 0.401. The van der Waals surface area contributed by atoms with E-state index in [-0.39, 0.29) is 17.0 Å². The average Bonchev–Trinajstić information content (AvgIpc) is 2.54. The van der Waals surface area contributed by atoms with Gasteiger partial charge in [0.15, 0.2) is 5.78 Å². The summed E-state index contributed by atoms with van der Waals surface area (Å²) in [6.07, 6.45) is 3.32. The number of nitrogens with zero attached hydrogens (tertiary/aromatic N) is 1. The lowest BCUT2D eigenvalue weighted by Crippen LogP contribution is -2.28. The Balaban J connectivity index is 2.25. The Hall–Kier alpha value is -1.10. The quantitative estimate of drug-likeness (QED) is 0.857. The summed E-state index contributed by atoms with van der Waals surface area (Å²) in [7, 11) is -2.93. The van der Waals surface area contributed by atoms with Gasteiger partial charge in [0.05, 0.1) is 5.75 Å². The number of Topliss-reactive ketones (excluding diaryl/α,β-unsaturated/α-hetero) is 1. The van der Waals surface area contributed by atoms with Crippen LogP contribution in [0.5, 0.6) is 0 Å². The maximum atomic E-state index is 12.2. The minimum Gasteiger partial charge on any atom is -0.348 e. The van der Waals surface area contributed by atoms with Crippen molar-refractivity contribution in [2.75, 3.05) is 12.0 Å². The van der Waals surface area contributed by atoms with E-state index in [4.69, 9.17) is 0 Å². The van der Waals surface area contributed by atoms with Crippen LogP contribution in [0.1, 0.15) is 48.4 Å². The van der Waals surface area contributed by atoms with Crippen molar-refractivity contribution in [3.63, 3.8) is 0 Å². The van der Waals surface area contributed by atoms with E-state index in [2.05, 4.69) is 18.4 Å². The Bertz CT molecular complexity index is 638. The minimum absolute atomic E-state index is 0.0105. The van der Waals surface area contributed by atoms with Crippen LogP contribution in [-0.4, -0.2) is 30.8 Å². The van der Waals surface area contributed by atoms with Crippen molar-refractivity contribution in [3.8, 4) is 0 Å². The number of aromatic nitrogens is 1. The van der Waals surface area contributed by atoms with Crippen LogP contribution >= 0.6 is 0 Å². The summed E-state index contributed by atoms with van der Waals surface area (Å²) >= 11 is 0. The van der Waals surface area contributed by atoms with Crippen molar-refractivity contribution >= 4 is 15.6 Å². The van der Waals surface area contributed by atoms with Gasteiger partial charge in [0.25, 0.3) is 0 Å². The maximum absolute atomic E-state index is 12.2. The van der Waals surface area contributed by atoms with Crippen molar-refractivity contribution < 1.29 is 13.2 Å². The van der Waals surface area contributed by atoms with E-state index in [0.717, 1.165) is 23.4 Å². The van der Waals surface area contributed by atoms with E-state index in [1.165, 1.54) is 6.26 Å². The Kier molecular flexibility index (Phi) is 3.84. The molecule has 0 aromatic carbocycles. The molecular weight excluding hydrogens is 274 g/mol. The lowest BCUT2D eigenvalue weighted by molar-refractivity contribution is 0.0910. The summed E-state index contributed by atoms with van der Waals surface area (Å²) < 4.78 is 24.6. The molecule has 1 aromatic rings. The molecule has 1 aromatic heterocycles. The number of carbonyl (C=O) groups is 1. The molecule has 5 heteroatoms. The fraction of sp³-hybridized carbons (Fsp3) is 0.667. The average molecular weight is 297 g/mol. The van der Waals surface area contributed by atoms with E-state index in [9.17, 15) is 13.2 Å². The first-order valence-electron chi connectivity index (χ1n) is 6.99. The first kappa shape index (κ1) is 15.3. The summed E-state index contributed by atoms with van der Waals surface area (Å²) in [6.45, 7) is 6.87. The van der Waals surface area contributed by atoms with Gasteiger partial charge in [0, 0.05) is 36.2 Å². The molecular formula is C15H23NO3S. The second-order valence-corrected chi connectivity index (χ2v) is 8.98. The summed E-state index contributed by atoms with van der Waals surface area (Å²) in [5, 5.41) is 0. The first-order chi connectivity index (χ1) is 9.09. The zero-order valence-electron chi connectivity index (χ0n) is 12.7. The van der Waals surface area contributed by atoms with Gasteiger partial charge in [-0.1, -0.05) is 13.8 Å². The third kappa shape index (κ3) is 3.32. The lowest BCUT2D eigenvalue weighted by Gasteiger charge is -2.29. The number of fused-ring (bicyclic) bond motifs is 1. The Morgan fingerprint density at radius 3 is 2.55 bits per heavy atom. The highest BCUT2D eigenvalue weighted by Gasteiger charge is 2.33. The van der Waals surface area contributed by atoms with Gasteiger partial charge in [0.1, 0.15) is 9.84 Å². The van der Waals surface area contributed by atoms with Crippen LogP contribution in [0.15, 0.2) is 6.07 Å². The van der Waals surface area contributed by atoms with Crippen LogP contribution in [0.4, 0.5) is 0 Å². The van der Waals surface area contributed by atoms with E-state index < -0.39 is 9.84 Å². The second-order valence-electron chi connectivity index (χ2n) is 6.72. The largest absolute Gasteiger partial charge is 0.348 e. The molecule has 0 saturated carbocycles. The van der Waals surface area contributed by atoms with Crippen LogP contribution in [-0.2, 0) is 22.8 Å². The molecule has 112 valence electrons. The molecule has 4 nitrogen and oxygen atoms in total. The predicted molar refractivity (Wildman–Crippen MR) is 79.9 cm³/mol. The smallest absolute Gasteiger partial charge is 0.165 e. The number of carbonyl (C=O) groups excluding carboxylic acids is 1. The number of rotatable bonds is 4. The Morgan fingerprint density at radius 1 is 1.30 bits per heavy atom. The van der Waals surface area contributed by atoms with Crippen molar-refractivity contribution in [2.45, 2.75) is 46.6 Å². The van der Waals surface area contributed by atoms with Gasteiger partial charge >= 0.3 is 0 Å². The molecule has 1 aliphatic carbocycles. The minimum atomic E-state index is -2.93. The van der Waals surface area contributed by atoms with Crippen LogP contribution in [0.2, 0.25) is 0 Å². The van der Waals surface area contributed by atoms with Gasteiger partial charge in [-0.25, -0.2) is 8.42 Å². The molecule has 1 heterocycles. The van der Waals surface area contributed by atoms with Gasteiger partial charge in [-0.3, -0.25) is 4.79 Å². The van der Waals surface area contributed by atoms with Crippen molar-refractivity contribution in [3.05, 3.63) is 23.0 Å². The molecule has 0 N–H and O–H groups in total. The number of ketones is 1. The third-order valence-electron chi connectivity index (χ3n) is 3.90. The van der Waals surface area contributed by atoms with E-state index in [1.807, 2.05) is 13.0 Å². The highest BCUT2D eigenvalue weighted by atomic mass is 32.2. The monoisotopic (exact) mass is 297 g/mol. The molecule has 20 heavy (non-hydrogen) atoms. The molecule has 0 atom stereocenters. The fourth-order valence-corrected chi connectivity index (χ4v) is 3.66. The molecule has 0 aliphatic heterocycles. The van der Waals surface area contributed by atoms with E-state index in [0.29, 0.717) is 19.4 Å². The summed E-state index contributed by atoms with van der Waals surface area (Å²) in [5.41, 5.74) is 2.96. The van der Waals surface area contributed by atoms with Gasteiger partial charge < -0.3 is 4.57 Å². The second kappa shape index (κ2) is 5.02. The van der Waals surface area contributed by atoms with Crippen molar-refractivity contribution in [1.82, 2.24) is 4.57 Å². The molecule has 0 fully saturated rings. The summed E-state index contributed by atoms with van der Waals surface area (Å²) in [4.78, 5) is 12.2. The zero-order valence-corrected chi connectivity index (χ0v) is 13.5. The molecule has 0 amide bonds. The van der Waals surface area contributed by atoms with Gasteiger partial charge in [-0.2, -0.15) is 0 Å². The zero-order chi connectivity index (χ0) is 15.1. The van der Waals surface area contributed by atoms with Gasteiger partial charge in [0.2, 0.25) is 0 Å². The molecule has 0 radical (unpaired) electrons. The molecule has 2 rings (SSSR count). The van der Waals surface area contributed by atoms with Crippen molar-refractivity contribution in [1.29, 1.82) is 0 Å². The Morgan fingerprint density at radius 2 is 1.95 bits per heavy atom. The highest BCUT2D eigenvalue weighted by Crippen LogP contribution is 2.36. The maximum Gasteiger partial charge on any atom is 0.165 e. The van der Waals surface area contributed by atoms with Gasteiger partial charge in [-0.15, -0.1) is 0 Å². The van der Waals surface area contributed by atoms with Crippen LogP contribution in [0, 0.1) is 12.3 Å². The third-order valence-corrected chi connectivity index (χ3v) is 4.93. The standard InChI is InChI=1S/C15H23NO3S/c1-11-8-12-13(9-15(2,3)10-14(12)17)16(11)6-5-7-20(4,18)19/h8H,5-7,9-10H2,1-4H3. The summed E-state index contributed by atoms with van der Waals surface area (Å²) in [6, 6.07) is 1.95. The number of sulfone groups is 1. The SMILES string of the molecule is Cc1cc2c(n1CCCS(C)(=O)=O)CC(C)(C)CC2=O. The number of hydrogen-bond donors (Lipinski definition) is 0.